The van der Waals surface area contributed by atoms with Crippen molar-refractivity contribution in [3.8, 4) is 0 Å². The zero-order valence-corrected chi connectivity index (χ0v) is 12.7. The predicted octanol–water partition coefficient (Wildman–Crippen LogP) is 3.13. The highest BCUT2D eigenvalue weighted by atomic mass is 15.1. The first-order valence-electron chi connectivity index (χ1n) is 8.00. The lowest BCUT2D eigenvalue weighted by Gasteiger charge is -2.44. The molecule has 2 atom stereocenters. The van der Waals surface area contributed by atoms with Gasteiger partial charge in [-0.15, -0.1) is 0 Å². The average Bonchev–Trinajstić information content (AvgIpc) is 2.28. The van der Waals surface area contributed by atoms with Crippen LogP contribution < -0.4 is 5.32 Å². The molecule has 2 rings (SSSR count). The second-order valence-corrected chi connectivity index (χ2v) is 7.23. The Balaban J connectivity index is 1.95. The first kappa shape index (κ1) is 14.3. The quantitative estimate of drug-likeness (QED) is 0.827. The highest BCUT2D eigenvalue weighted by Gasteiger charge is 2.35. The van der Waals surface area contributed by atoms with Gasteiger partial charge in [-0.1, -0.05) is 33.1 Å². The van der Waals surface area contributed by atoms with Gasteiger partial charge in [-0.3, -0.25) is 0 Å². The normalized spacial score (nSPS) is 33.5. The van der Waals surface area contributed by atoms with Crippen molar-refractivity contribution in [2.75, 3.05) is 33.2 Å². The minimum absolute atomic E-state index is 0.573. The van der Waals surface area contributed by atoms with E-state index in [1.54, 1.807) is 0 Å². The summed E-state index contributed by atoms with van der Waals surface area (Å²) in [5.74, 6) is 1.79. The molecule has 1 saturated carbocycles. The SMILES string of the molecule is CNCC1(CN2CC(C)CC(C)C2)CCCCC1. The summed E-state index contributed by atoms with van der Waals surface area (Å²) in [5, 5.41) is 3.46. The minimum Gasteiger partial charge on any atom is -0.319 e. The fraction of sp³-hybridized carbons (Fsp3) is 1.00. The van der Waals surface area contributed by atoms with Crippen molar-refractivity contribution in [1.29, 1.82) is 0 Å². The molecule has 1 aliphatic heterocycles. The summed E-state index contributed by atoms with van der Waals surface area (Å²) in [5.41, 5.74) is 0.573. The standard InChI is InChI=1S/C16H32N2/c1-14-9-15(2)11-18(10-14)13-16(12-17-3)7-5-4-6-8-16/h14-15,17H,4-13H2,1-3H3. The van der Waals surface area contributed by atoms with Crippen molar-refractivity contribution in [1.82, 2.24) is 10.2 Å². The topological polar surface area (TPSA) is 15.3 Å². The number of hydrogen-bond donors (Lipinski definition) is 1. The van der Waals surface area contributed by atoms with Crippen LogP contribution in [-0.4, -0.2) is 38.1 Å². The molecule has 0 radical (unpaired) electrons. The van der Waals surface area contributed by atoms with Crippen molar-refractivity contribution in [3.63, 3.8) is 0 Å². The molecule has 106 valence electrons. The lowest BCUT2D eigenvalue weighted by Crippen LogP contribution is -2.49. The summed E-state index contributed by atoms with van der Waals surface area (Å²) < 4.78 is 0. The molecule has 2 heteroatoms. The molecule has 1 heterocycles. The fourth-order valence-corrected chi connectivity index (χ4v) is 4.46. The molecule has 2 fully saturated rings. The lowest BCUT2D eigenvalue weighted by molar-refractivity contribution is 0.0595. The van der Waals surface area contributed by atoms with E-state index in [0.717, 1.165) is 11.8 Å². The van der Waals surface area contributed by atoms with Gasteiger partial charge in [0.2, 0.25) is 0 Å². The van der Waals surface area contributed by atoms with Gasteiger partial charge in [-0.25, -0.2) is 0 Å². The van der Waals surface area contributed by atoms with Crippen LogP contribution in [0.15, 0.2) is 0 Å². The van der Waals surface area contributed by atoms with Gasteiger partial charge in [0.15, 0.2) is 0 Å². The van der Waals surface area contributed by atoms with E-state index < -0.39 is 0 Å². The lowest BCUT2D eigenvalue weighted by atomic mass is 9.73. The largest absolute Gasteiger partial charge is 0.319 e. The van der Waals surface area contributed by atoms with Crippen LogP contribution in [0.1, 0.15) is 52.4 Å². The van der Waals surface area contributed by atoms with Crippen LogP contribution >= 0.6 is 0 Å². The number of nitrogens with zero attached hydrogens (tertiary/aromatic N) is 1. The third-order valence-corrected chi connectivity index (χ3v) is 4.97. The summed E-state index contributed by atoms with van der Waals surface area (Å²) in [6.45, 7) is 10.1. The van der Waals surface area contributed by atoms with Gasteiger partial charge in [-0.05, 0) is 43.6 Å². The van der Waals surface area contributed by atoms with Crippen LogP contribution in [-0.2, 0) is 0 Å². The Morgan fingerprint density at radius 3 is 2.22 bits per heavy atom. The predicted molar refractivity (Wildman–Crippen MR) is 78.8 cm³/mol. The summed E-state index contributed by atoms with van der Waals surface area (Å²) in [4.78, 5) is 2.77. The van der Waals surface area contributed by atoms with E-state index in [2.05, 4.69) is 31.1 Å². The van der Waals surface area contributed by atoms with E-state index >= 15 is 0 Å². The van der Waals surface area contributed by atoms with Crippen LogP contribution in [0.25, 0.3) is 0 Å². The molecule has 0 amide bonds. The maximum absolute atomic E-state index is 3.46. The van der Waals surface area contributed by atoms with E-state index in [9.17, 15) is 0 Å². The second kappa shape index (κ2) is 6.38. The zero-order chi connectivity index (χ0) is 13.0. The monoisotopic (exact) mass is 252 g/mol. The Bertz CT molecular complexity index is 230. The summed E-state index contributed by atoms with van der Waals surface area (Å²) in [6, 6.07) is 0. The van der Waals surface area contributed by atoms with Crippen LogP contribution in [0.2, 0.25) is 0 Å². The zero-order valence-electron chi connectivity index (χ0n) is 12.7. The van der Waals surface area contributed by atoms with Gasteiger partial charge >= 0.3 is 0 Å². The van der Waals surface area contributed by atoms with Gasteiger partial charge < -0.3 is 10.2 Å². The Labute approximate surface area is 114 Å². The molecule has 2 aliphatic rings. The van der Waals surface area contributed by atoms with Crippen LogP contribution in [0, 0.1) is 17.3 Å². The number of nitrogens with one attached hydrogen (secondary N) is 1. The molecule has 1 N–H and O–H groups in total. The van der Waals surface area contributed by atoms with Crippen molar-refractivity contribution >= 4 is 0 Å². The second-order valence-electron chi connectivity index (χ2n) is 7.23. The summed E-state index contributed by atoms with van der Waals surface area (Å²) in [6.07, 6.45) is 8.65. The van der Waals surface area contributed by atoms with Crippen molar-refractivity contribution in [2.24, 2.45) is 17.3 Å². The van der Waals surface area contributed by atoms with E-state index in [1.807, 2.05) is 0 Å². The highest BCUT2D eigenvalue weighted by molar-refractivity contribution is 4.89. The molecule has 18 heavy (non-hydrogen) atoms. The third kappa shape index (κ3) is 3.71. The van der Waals surface area contributed by atoms with Crippen LogP contribution in [0.4, 0.5) is 0 Å². The van der Waals surface area contributed by atoms with Crippen LogP contribution in [0.3, 0.4) is 0 Å². The summed E-state index contributed by atoms with van der Waals surface area (Å²) >= 11 is 0. The summed E-state index contributed by atoms with van der Waals surface area (Å²) in [7, 11) is 2.12. The Morgan fingerprint density at radius 1 is 1.06 bits per heavy atom. The fourth-order valence-electron chi connectivity index (χ4n) is 4.46. The third-order valence-electron chi connectivity index (χ3n) is 4.97. The Morgan fingerprint density at radius 2 is 1.67 bits per heavy atom. The van der Waals surface area contributed by atoms with Gasteiger partial charge in [0, 0.05) is 26.2 Å². The minimum atomic E-state index is 0.573. The van der Waals surface area contributed by atoms with E-state index in [0.29, 0.717) is 5.41 Å². The molecule has 1 saturated heterocycles. The van der Waals surface area contributed by atoms with E-state index in [4.69, 9.17) is 0 Å². The number of piperidine rings is 1. The highest BCUT2D eigenvalue weighted by Crippen LogP contribution is 2.37. The average molecular weight is 252 g/mol. The number of likely N-dealkylation sites (tertiary alicyclic amines) is 1. The van der Waals surface area contributed by atoms with Gasteiger partial charge in [0.05, 0.1) is 0 Å². The maximum atomic E-state index is 3.46. The molecule has 0 aromatic heterocycles. The first-order valence-corrected chi connectivity index (χ1v) is 8.00. The smallest absolute Gasteiger partial charge is 0.00504 e. The van der Waals surface area contributed by atoms with Crippen molar-refractivity contribution < 1.29 is 0 Å². The first-order chi connectivity index (χ1) is 8.63. The number of rotatable bonds is 4. The van der Waals surface area contributed by atoms with E-state index in [1.165, 1.54) is 64.7 Å². The Hall–Kier alpha value is -0.0800. The molecule has 0 spiro atoms. The van der Waals surface area contributed by atoms with Crippen molar-refractivity contribution in [3.05, 3.63) is 0 Å². The number of hydrogen-bond acceptors (Lipinski definition) is 2. The Kier molecular flexibility index (Phi) is 5.08. The molecule has 1 aliphatic carbocycles. The molecular weight excluding hydrogens is 220 g/mol. The molecular formula is C16H32N2. The van der Waals surface area contributed by atoms with E-state index in [-0.39, 0.29) is 0 Å². The van der Waals surface area contributed by atoms with Gasteiger partial charge in [-0.2, -0.15) is 0 Å². The molecule has 0 bridgehead atoms. The molecule has 2 nitrogen and oxygen atoms in total. The maximum Gasteiger partial charge on any atom is 0.00504 e. The molecule has 0 aromatic carbocycles. The van der Waals surface area contributed by atoms with Gasteiger partial charge in [0.1, 0.15) is 0 Å². The van der Waals surface area contributed by atoms with Crippen molar-refractivity contribution in [2.45, 2.75) is 52.4 Å². The molecule has 0 aromatic rings. The van der Waals surface area contributed by atoms with Crippen LogP contribution in [0.5, 0.6) is 0 Å². The molecule has 2 unspecified atom stereocenters. The van der Waals surface area contributed by atoms with Gasteiger partial charge in [0.25, 0.3) is 0 Å².